The van der Waals surface area contributed by atoms with Gasteiger partial charge >= 0.3 is 0 Å². The van der Waals surface area contributed by atoms with Gasteiger partial charge in [-0.1, -0.05) is 19.3 Å². The third-order valence-electron chi connectivity index (χ3n) is 3.39. The Morgan fingerprint density at radius 1 is 1.22 bits per heavy atom. The molecule has 0 aromatic heterocycles. The maximum atomic E-state index is 11.7. The summed E-state index contributed by atoms with van der Waals surface area (Å²) in [6, 6.07) is 0. The smallest absolute Gasteiger partial charge is 0.243 e. The van der Waals surface area contributed by atoms with Gasteiger partial charge in [0.05, 0.1) is 0 Å². The second kappa shape index (κ2) is 8.32. The fourth-order valence-corrected chi connectivity index (χ4v) is 2.34. The van der Waals surface area contributed by atoms with Crippen molar-refractivity contribution < 1.29 is 9.59 Å². The van der Waals surface area contributed by atoms with E-state index in [9.17, 15) is 9.59 Å². The molecule has 0 radical (unpaired) electrons. The van der Waals surface area contributed by atoms with Crippen molar-refractivity contribution in [3.05, 3.63) is 0 Å². The molecule has 6 heteroatoms. The van der Waals surface area contributed by atoms with Crippen LogP contribution in [0.2, 0.25) is 0 Å². The summed E-state index contributed by atoms with van der Waals surface area (Å²) in [6.45, 7) is 0.803. The lowest BCUT2D eigenvalue weighted by atomic mass is 9.81. The first-order chi connectivity index (χ1) is 8.10. The molecule has 0 aliphatic heterocycles. The van der Waals surface area contributed by atoms with E-state index in [4.69, 9.17) is 5.73 Å². The van der Waals surface area contributed by atoms with E-state index in [-0.39, 0.29) is 24.2 Å². The molecule has 0 aromatic carbocycles. The fourth-order valence-electron chi connectivity index (χ4n) is 2.34. The van der Waals surface area contributed by atoms with Gasteiger partial charge in [0.15, 0.2) is 0 Å². The van der Waals surface area contributed by atoms with Crippen molar-refractivity contribution in [2.75, 3.05) is 13.6 Å². The molecule has 0 atom stereocenters. The van der Waals surface area contributed by atoms with Crippen LogP contribution in [0.25, 0.3) is 0 Å². The van der Waals surface area contributed by atoms with Crippen LogP contribution < -0.4 is 16.4 Å². The SMILES string of the molecule is CNCCCC(=O)NC1(C(N)=O)CCCCC1.Cl. The van der Waals surface area contributed by atoms with Gasteiger partial charge in [0.1, 0.15) is 5.54 Å². The minimum absolute atomic E-state index is 0. The first kappa shape index (κ1) is 17.2. The van der Waals surface area contributed by atoms with Crippen LogP contribution in [0.5, 0.6) is 0 Å². The number of hydrogen-bond acceptors (Lipinski definition) is 3. The van der Waals surface area contributed by atoms with E-state index >= 15 is 0 Å². The lowest BCUT2D eigenvalue weighted by Gasteiger charge is -2.35. The van der Waals surface area contributed by atoms with Crippen molar-refractivity contribution in [3.8, 4) is 0 Å². The standard InChI is InChI=1S/C12H23N3O2.ClH/c1-14-9-5-6-10(16)15-12(11(13)17)7-3-2-4-8-12;/h14H,2-9H2,1H3,(H2,13,17)(H,15,16);1H. The molecule has 0 spiro atoms. The van der Waals surface area contributed by atoms with Crippen molar-refractivity contribution >= 4 is 24.2 Å². The van der Waals surface area contributed by atoms with Crippen LogP contribution >= 0.6 is 12.4 Å². The third-order valence-corrected chi connectivity index (χ3v) is 3.39. The van der Waals surface area contributed by atoms with Crippen LogP contribution in [0, 0.1) is 0 Å². The van der Waals surface area contributed by atoms with Gasteiger partial charge in [-0.25, -0.2) is 0 Å². The first-order valence-electron chi connectivity index (χ1n) is 6.36. The molecule has 1 aliphatic rings. The third kappa shape index (κ3) is 4.82. The summed E-state index contributed by atoms with van der Waals surface area (Å²) >= 11 is 0. The molecule has 0 unspecified atom stereocenters. The van der Waals surface area contributed by atoms with E-state index in [2.05, 4.69) is 10.6 Å². The molecule has 2 amide bonds. The molecule has 1 fully saturated rings. The van der Waals surface area contributed by atoms with Crippen molar-refractivity contribution in [1.29, 1.82) is 0 Å². The van der Waals surface area contributed by atoms with Crippen LogP contribution in [0.1, 0.15) is 44.9 Å². The van der Waals surface area contributed by atoms with Gasteiger partial charge in [0.25, 0.3) is 0 Å². The number of rotatable bonds is 6. The zero-order valence-electron chi connectivity index (χ0n) is 11.0. The number of halogens is 1. The zero-order valence-corrected chi connectivity index (χ0v) is 11.8. The maximum absolute atomic E-state index is 11.7. The highest BCUT2D eigenvalue weighted by Gasteiger charge is 2.38. The monoisotopic (exact) mass is 277 g/mol. The minimum Gasteiger partial charge on any atom is -0.368 e. The van der Waals surface area contributed by atoms with Crippen LogP contribution in [0.4, 0.5) is 0 Å². The van der Waals surface area contributed by atoms with Gasteiger partial charge in [0.2, 0.25) is 11.8 Å². The Morgan fingerprint density at radius 2 is 1.83 bits per heavy atom. The van der Waals surface area contributed by atoms with E-state index < -0.39 is 5.54 Å². The normalized spacial score (nSPS) is 17.6. The number of nitrogens with one attached hydrogen (secondary N) is 2. The Kier molecular flexibility index (Phi) is 7.95. The second-order valence-electron chi connectivity index (χ2n) is 4.76. The molecule has 0 saturated heterocycles. The molecule has 1 rings (SSSR count). The zero-order chi connectivity index (χ0) is 12.7. The van der Waals surface area contributed by atoms with Crippen LogP contribution in [0.3, 0.4) is 0 Å². The predicted octanol–water partition coefficient (Wildman–Crippen LogP) is 0.712. The van der Waals surface area contributed by atoms with Crippen molar-refractivity contribution in [3.63, 3.8) is 0 Å². The fraction of sp³-hybridized carbons (Fsp3) is 0.833. The highest BCUT2D eigenvalue weighted by atomic mass is 35.5. The van der Waals surface area contributed by atoms with E-state index in [0.717, 1.165) is 32.2 Å². The molecule has 1 saturated carbocycles. The van der Waals surface area contributed by atoms with E-state index in [1.165, 1.54) is 0 Å². The van der Waals surface area contributed by atoms with Gasteiger partial charge in [-0.3, -0.25) is 9.59 Å². The molecule has 1 aliphatic carbocycles. The lowest BCUT2D eigenvalue weighted by molar-refractivity contribution is -0.133. The molecule has 0 aromatic rings. The van der Waals surface area contributed by atoms with Crippen molar-refractivity contribution in [2.24, 2.45) is 5.73 Å². The summed E-state index contributed by atoms with van der Waals surface area (Å²) in [6.07, 6.45) is 5.61. The Labute approximate surface area is 115 Å². The lowest BCUT2D eigenvalue weighted by Crippen LogP contribution is -2.58. The maximum Gasteiger partial charge on any atom is 0.243 e. The molecule has 0 heterocycles. The van der Waals surface area contributed by atoms with Crippen LogP contribution in [0.15, 0.2) is 0 Å². The first-order valence-corrected chi connectivity index (χ1v) is 6.36. The van der Waals surface area contributed by atoms with E-state index in [0.29, 0.717) is 19.3 Å². The second-order valence-corrected chi connectivity index (χ2v) is 4.76. The number of hydrogen-bond donors (Lipinski definition) is 3. The van der Waals surface area contributed by atoms with E-state index in [1.807, 2.05) is 7.05 Å². The number of carbonyl (C=O) groups excluding carboxylic acids is 2. The number of primary amides is 1. The molecular weight excluding hydrogens is 254 g/mol. The number of carbonyl (C=O) groups is 2. The largest absolute Gasteiger partial charge is 0.368 e. The predicted molar refractivity (Wildman–Crippen MR) is 73.6 cm³/mol. The molecule has 5 nitrogen and oxygen atoms in total. The molecule has 106 valence electrons. The molecular formula is C12H24ClN3O2. The summed E-state index contributed by atoms with van der Waals surface area (Å²) in [5.74, 6) is -0.458. The van der Waals surface area contributed by atoms with Crippen molar-refractivity contribution in [2.45, 2.75) is 50.5 Å². The molecule has 0 bridgehead atoms. The van der Waals surface area contributed by atoms with Gasteiger partial charge < -0.3 is 16.4 Å². The summed E-state index contributed by atoms with van der Waals surface area (Å²) in [4.78, 5) is 23.3. The average molecular weight is 278 g/mol. The molecule has 18 heavy (non-hydrogen) atoms. The van der Waals surface area contributed by atoms with Crippen LogP contribution in [-0.4, -0.2) is 30.9 Å². The van der Waals surface area contributed by atoms with Gasteiger partial charge in [-0.05, 0) is 32.9 Å². The summed E-state index contributed by atoms with van der Waals surface area (Å²) in [5, 5.41) is 5.84. The highest BCUT2D eigenvalue weighted by Crippen LogP contribution is 2.28. The van der Waals surface area contributed by atoms with Crippen LogP contribution in [-0.2, 0) is 9.59 Å². The summed E-state index contributed by atoms with van der Waals surface area (Å²) < 4.78 is 0. The molecule has 4 N–H and O–H groups in total. The average Bonchev–Trinajstić information content (AvgIpc) is 2.30. The Balaban J connectivity index is 0.00000289. The number of amides is 2. The van der Waals surface area contributed by atoms with E-state index in [1.54, 1.807) is 0 Å². The Hall–Kier alpha value is -0.810. The highest BCUT2D eigenvalue weighted by molar-refractivity contribution is 5.90. The summed E-state index contributed by atoms with van der Waals surface area (Å²) in [5.41, 5.74) is 4.66. The van der Waals surface area contributed by atoms with Crippen molar-refractivity contribution in [1.82, 2.24) is 10.6 Å². The van der Waals surface area contributed by atoms with Gasteiger partial charge in [-0.15, -0.1) is 12.4 Å². The minimum atomic E-state index is -0.783. The van der Waals surface area contributed by atoms with Gasteiger partial charge in [0, 0.05) is 6.42 Å². The number of nitrogens with two attached hydrogens (primary N) is 1. The Bertz CT molecular complexity index is 278. The van der Waals surface area contributed by atoms with Gasteiger partial charge in [-0.2, -0.15) is 0 Å². The summed E-state index contributed by atoms with van der Waals surface area (Å²) in [7, 11) is 1.85. The topological polar surface area (TPSA) is 84.2 Å². The Morgan fingerprint density at radius 3 is 2.33 bits per heavy atom. The quantitative estimate of drug-likeness (QED) is 0.625.